The number of fused-ring (bicyclic) bond motifs is 1. The van der Waals surface area contributed by atoms with Gasteiger partial charge in [-0.15, -0.1) is 11.8 Å². The van der Waals surface area contributed by atoms with Crippen LogP contribution in [0.3, 0.4) is 0 Å². The average molecular weight is 199 g/mol. The van der Waals surface area contributed by atoms with Crippen molar-refractivity contribution in [2.45, 2.75) is 12.3 Å². The number of aliphatic carboxylic acids is 1. The molecule has 1 fully saturated rings. The van der Waals surface area contributed by atoms with Gasteiger partial charge in [0.15, 0.2) is 0 Å². The van der Waals surface area contributed by atoms with E-state index in [0.29, 0.717) is 5.75 Å². The van der Waals surface area contributed by atoms with Gasteiger partial charge < -0.3 is 5.11 Å². The van der Waals surface area contributed by atoms with E-state index in [9.17, 15) is 9.59 Å². The first-order chi connectivity index (χ1) is 6.13. The molecule has 0 aromatic carbocycles. The van der Waals surface area contributed by atoms with Gasteiger partial charge in [-0.3, -0.25) is 9.69 Å². The van der Waals surface area contributed by atoms with Crippen molar-refractivity contribution in [3.63, 3.8) is 0 Å². The molecule has 2 aliphatic heterocycles. The summed E-state index contributed by atoms with van der Waals surface area (Å²) in [5, 5.41) is 8.84. The fourth-order valence-corrected chi connectivity index (χ4v) is 2.82. The lowest BCUT2D eigenvalue weighted by atomic mass is 9.99. The predicted molar refractivity (Wildman–Crippen MR) is 48.0 cm³/mol. The first-order valence-corrected chi connectivity index (χ1v) is 5.06. The van der Waals surface area contributed by atoms with Gasteiger partial charge in [0, 0.05) is 5.75 Å². The maximum absolute atomic E-state index is 11.3. The monoisotopic (exact) mass is 199 g/mol. The molecule has 0 bridgehead atoms. The fraction of sp³-hybridized carbons (Fsp3) is 0.500. The molecule has 0 aliphatic carbocycles. The quantitative estimate of drug-likeness (QED) is 0.625. The number of carbonyl (C=O) groups is 2. The van der Waals surface area contributed by atoms with E-state index in [-0.39, 0.29) is 22.9 Å². The van der Waals surface area contributed by atoms with Crippen LogP contribution < -0.4 is 0 Å². The zero-order valence-electron chi connectivity index (χ0n) is 7.06. The Morgan fingerprint density at radius 2 is 2.46 bits per heavy atom. The molecule has 1 saturated heterocycles. The highest BCUT2D eigenvalue weighted by atomic mass is 32.2. The Morgan fingerprint density at radius 3 is 3.08 bits per heavy atom. The van der Waals surface area contributed by atoms with Crippen LogP contribution in [0, 0.1) is 5.92 Å². The SMILES string of the molecule is C[C@H]1C(=O)N2C(C(=O)O)=CCS[C@@H]12. The number of hydrogen-bond acceptors (Lipinski definition) is 3. The van der Waals surface area contributed by atoms with E-state index >= 15 is 0 Å². The summed E-state index contributed by atoms with van der Waals surface area (Å²) < 4.78 is 0. The number of nitrogens with zero attached hydrogens (tertiary/aromatic N) is 1. The number of carboxylic acid groups (broad SMARTS) is 1. The second-order valence-electron chi connectivity index (χ2n) is 3.12. The number of thioether (sulfide) groups is 1. The minimum Gasteiger partial charge on any atom is -0.477 e. The lowest BCUT2D eigenvalue weighted by Gasteiger charge is -2.47. The number of β-lactam (4-membered cyclic amide) rings is 1. The highest BCUT2D eigenvalue weighted by Crippen LogP contribution is 2.40. The van der Waals surface area contributed by atoms with Crippen molar-refractivity contribution in [1.82, 2.24) is 4.90 Å². The van der Waals surface area contributed by atoms with Crippen molar-refractivity contribution in [2.24, 2.45) is 5.92 Å². The van der Waals surface area contributed by atoms with Gasteiger partial charge in [-0.25, -0.2) is 4.79 Å². The fourth-order valence-electron chi connectivity index (χ4n) is 1.60. The molecular weight excluding hydrogens is 190 g/mol. The minimum atomic E-state index is -1.01. The van der Waals surface area contributed by atoms with Gasteiger partial charge in [-0.05, 0) is 6.08 Å². The number of carbonyl (C=O) groups excluding carboxylic acids is 1. The van der Waals surface area contributed by atoms with Gasteiger partial charge in [0.1, 0.15) is 5.70 Å². The van der Waals surface area contributed by atoms with Crippen LogP contribution in [-0.4, -0.2) is 33.0 Å². The number of rotatable bonds is 1. The summed E-state index contributed by atoms with van der Waals surface area (Å²) in [6, 6.07) is 0. The van der Waals surface area contributed by atoms with Crippen LogP contribution in [0.5, 0.6) is 0 Å². The van der Waals surface area contributed by atoms with Gasteiger partial charge in [0.25, 0.3) is 0 Å². The molecule has 1 amide bonds. The lowest BCUT2D eigenvalue weighted by Crippen LogP contribution is -2.59. The van der Waals surface area contributed by atoms with Crippen LogP contribution in [0.2, 0.25) is 0 Å². The van der Waals surface area contributed by atoms with E-state index in [2.05, 4.69) is 0 Å². The van der Waals surface area contributed by atoms with E-state index in [1.165, 1.54) is 4.90 Å². The van der Waals surface area contributed by atoms with Gasteiger partial charge in [-0.1, -0.05) is 6.92 Å². The molecule has 1 N–H and O–H groups in total. The molecule has 2 aliphatic rings. The highest BCUT2D eigenvalue weighted by Gasteiger charge is 2.49. The standard InChI is InChI=1S/C8H9NO3S/c1-4-6(10)9-5(8(11)12)2-3-13-7(4)9/h2,4,7H,3H2,1H3,(H,11,12)/t4-,7-/m0/s1. The third-order valence-electron chi connectivity index (χ3n) is 2.33. The van der Waals surface area contributed by atoms with Gasteiger partial charge in [0.05, 0.1) is 11.3 Å². The van der Waals surface area contributed by atoms with Crippen LogP contribution in [0.15, 0.2) is 11.8 Å². The summed E-state index contributed by atoms with van der Waals surface area (Å²) in [5.41, 5.74) is 0.145. The van der Waals surface area contributed by atoms with Gasteiger partial charge in [0.2, 0.25) is 5.91 Å². The summed E-state index contributed by atoms with van der Waals surface area (Å²) in [6.45, 7) is 1.83. The Kier molecular flexibility index (Phi) is 1.83. The smallest absolute Gasteiger partial charge is 0.352 e. The van der Waals surface area contributed by atoms with Crippen LogP contribution in [-0.2, 0) is 9.59 Å². The van der Waals surface area contributed by atoms with Crippen molar-refractivity contribution in [1.29, 1.82) is 0 Å². The summed E-state index contributed by atoms with van der Waals surface area (Å²) in [5.74, 6) is -0.440. The average Bonchev–Trinajstić information content (AvgIpc) is 2.15. The van der Waals surface area contributed by atoms with Gasteiger partial charge in [-0.2, -0.15) is 0 Å². The first kappa shape index (κ1) is 8.62. The summed E-state index contributed by atoms with van der Waals surface area (Å²) in [6.07, 6.45) is 1.59. The maximum atomic E-state index is 11.3. The molecule has 0 aromatic heterocycles. The molecule has 13 heavy (non-hydrogen) atoms. The predicted octanol–water partition coefficient (Wildman–Crippen LogP) is 0.506. The number of carboxylic acids is 1. The molecule has 0 aromatic rings. The summed E-state index contributed by atoms with van der Waals surface area (Å²) in [4.78, 5) is 23.4. The Hall–Kier alpha value is -0.970. The zero-order chi connectivity index (χ0) is 9.59. The maximum Gasteiger partial charge on any atom is 0.352 e. The molecule has 2 rings (SSSR count). The molecule has 5 heteroatoms. The van der Waals surface area contributed by atoms with E-state index in [1.807, 2.05) is 6.92 Å². The topological polar surface area (TPSA) is 57.6 Å². The third-order valence-corrected chi connectivity index (χ3v) is 3.65. The van der Waals surface area contributed by atoms with E-state index < -0.39 is 5.97 Å². The Labute approximate surface area is 79.6 Å². The van der Waals surface area contributed by atoms with Gasteiger partial charge >= 0.3 is 5.97 Å². The normalized spacial score (nSPS) is 31.9. The second kappa shape index (κ2) is 2.77. The van der Waals surface area contributed by atoms with Crippen molar-refractivity contribution in [3.05, 3.63) is 11.8 Å². The number of amides is 1. The van der Waals surface area contributed by atoms with Crippen molar-refractivity contribution >= 4 is 23.6 Å². The Morgan fingerprint density at radius 1 is 1.77 bits per heavy atom. The summed E-state index contributed by atoms with van der Waals surface area (Å²) >= 11 is 1.61. The van der Waals surface area contributed by atoms with E-state index in [0.717, 1.165) is 0 Å². The third kappa shape index (κ3) is 1.07. The molecule has 0 saturated carbocycles. The molecule has 2 atom stereocenters. The van der Waals surface area contributed by atoms with Crippen LogP contribution in [0.25, 0.3) is 0 Å². The zero-order valence-corrected chi connectivity index (χ0v) is 7.87. The van der Waals surface area contributed by atoms with Crippen LogP contribution in [0.4, 0.5) is 0 Å². The Bertz CT molecular complexity index is 313. The first-order valence-electron chi connectivity index (χ1n) is 4.01. The number of hydrogen-bond donors (Lipinski definition) is 1. The molecule has 0 radical (unpaired) electrons. The minimum absolute atomic E-state index is 0.0342. The lowest BCUT2D eigenvalue weighted by molar-refractivity contribution is -0.151. The van der Waals surface area contributed by atoms with Crippen molar-refractivity contribution < 1.29 is 14.7 Å². The van der Waals surface area contributed by atoms with Crippen molar-refractivity contribution in [2.75, 3.05) is 5.75 Å². The van der Waals surface area contributed by atoms with Crippen LogP contribution >= 0.6 is 11.8 Å². The van der Waals surface area contributed by atoms with Crippen molar-refractivity contribution in [3.8, 4) is 0 Å². The second-order valence-corrected chi connectivity index (χ2v) is 4.26. The molecule has 0 spiro atoms. The molecular formula is C8H9NO3S. The molecule has 0 unspecified atom stereocenters. The highest BCUT2D eigenvalue weighted by molar-refractivity contribution is 8.00. The van der Waals surface area contributed by atoms with E-state index in [1.54, 1.807) is 17.8 Å². The van der Waals surface area contributed by atoms with Crippen LogP contribution in [0.1, 0.15) is 6.92 Å². The largest absolute Gasteiger partial charge is 0.477 e. The molecule has 4 nitrogen and oxygen atoms in total. The molecule has 70 valence electrons. The molecule has 2 heterocycles. The van der Waals surface area contributed by atoms with E-state index in [4.69, 9.17) is 5.11 Å². The summed E-state index contributed by atoms with van der Waals surface area (Å²) in [7, 11) is 0. The Balaban J connectivity index is 2.27.